The van der Waals surface area contributed by atoms with E-state index in [4.69, 9.17) is 0 Å². The van der Waals surface area contributed by atoms with E-state index in [1.54, 1.807) is 0 Å². The van der Waals surface area contributed by atoms with Crippen molar-refractivity contribution >= 4 is 12.0 Å². The third-order valence-electron chi connectivity index (χ3n) is 4.86. The molecule has 0 saturated heterocycles. The third-order valence-corrected chi connectivity index (χ3v) is 4.86. The number of carbonyl (C=O) groups excluding carboxylic acids is 1. The van der Waals surface area contributed by atoms with Crippen molar-refractivity contribution in [2.45, 2.75) is 46.0 Å². The van der Waals surface area contributed by atoms with Gasteiger partial charge in [-0.25, -0.2) is 0 Å². The van der Waals surface area contributed by atoms with Gasteiger partial charge >= 0.3 is 0 Å². The molecule has 1 aromatic carbocycles. The van der Waals surface area contributed by atoms with Crippen LogP contribution in [0.2, 0.25) is 0 Å². The molecule has 2 nitrogen and oxygen atoms in total. The first-order chi connectivity index (χ1) is 9.58. The fraction of sp³-hybridized carbons (Fsp3) is 0.611. The van der Waals surface area contributed by atoms with Crippen LogP contribution in [0.5, 0.6) is 0 Å². The summed E-state index contributed by atoms with van der Waals surface area (Å²) in [5.41, 5.74) is 2.44. The second-order valence-electron chi connectivity index (χ2n) is 6.54. The largest absolute Gasteiger partial charge is 0.374 e. The van der Waals surface area contributed by atoms with Gasteiger partial charge in [0.15, 0.2) is 0 Å². The van der Waals surface area contributed by atoms with Crippen molar-refractivity contribution in [3.05, 3.63) is 29.8 Å². The monoisotopic (exact) mass is 273 g/mol. The molecule has 2 rings (SSSR count). The van der Waals surface area contributed by atoms with Gasteiger partial charge < -0.3 is 9.69 Å². The molecule has 0 N–H and O–H groups in total. The number of aldehydes is 1. The van der Waals surface area contributed by atoms with Gasteiger partial charge in [0.1, 0.15) is 6.29 Å². The van der Waals surface area contributed by atoms with Gasteiger partial charge in [0.25, 0.3) is 0 Å². The van der Waals surface area contributed by atoms with E-state index in [1.807, 2.05) is 0 Å². The summed E-state index contributed by atoms with van der Waals surface area (Å²) in [5.74, 6) is 0.775. The number of nitrogens with zero attached hydrogens (tertiary/aromatic N) is 1. The molecule has 1 aliphatic rings. The van der Waals surface area contributed by atoms with E-state index in [0.717, 1.165) is 31.7 Å². The second-order valence-corrected chi connectivity index (χ2v) is 6.54. The Morgan fingerprint density at radius 2 is 1.85 bits per heavy atom. The molecule has 1 saturated carbocycles. The minimum Gasteiger partial charge on any atom is -0.374 e. The summed E-state index contributed by atoms with van der Waals surface area (Å²) in [5, 5.41) is 0. The molecule has 1 fully saturated rings. The fourth-order valence-corrected chi connectivity index (χ4v) is 3.20. The number of hydrogen-bond acceptors (Lipinski definition) is 2. The highest BCUT2D eigenvalue weighted by Crippen LogP contribution is 2.38. The highest BCUT2D eigenvalue weighted by Gasteiger charge is 2.35. The van der Waals surface area contributed by atoms with Crippen LogP contribution in [0.25, 0.3) is 0 Å². The molecule has 0 amide bonds. The van der Waals surface area contributed by atoms with Crippen LogP contribution in [0.4, 0.5) is 5.69 Å². The summed E-state index contributed by atoms with van der Waals surface area (Å²) >= 11 is 0. The van der Waals surface area contributed by atoms with Crippen molar-refractivity contribution in [1.29, 1.82) is 0 Å². The first-order valence-electron chi connectivity index (χ1n) is 7.85. The summed E-state index contributed by atoms with van der Waals surface area (Å²) in [4.78, 5) is 13.9. The smallest absolute Gasteiger partial charge is 0.127 e. The topological polar surface area (TPSA) is 20.3 Å². The number of anilines is 1. The van der Waals surface area contributed by atoms with Gasteiger partial charge in [-0.05, 0) is 55.7 Å². The van der Waals surface area contributed by atoms with E-state index in [9.17, 15) is 4.79 Å². The molecule has 0 heterocycles. The first kappa shape index (κ1) is 15.1. The van der Waals surface area contributed by atoms with Crippen molar-refractivity contribution in [3.63, 3.8) is 0 Å². The zero-order valence-corrected chi connectivity index (χ0v) is 13.1. The predicted octanol–water partition coefficient (Wildman–Crippen LogP) is 4.08. The molecule has 2 heteroatoms. The Morgan fingerprint density at radius 3 is 2.35 bits per heavy atom. The summed E-state index contributed by atoms with van der Waals surface area (Å²) in [6.07, 6.45) is 6.72. The van der Waals surface area contributed by atoms with Crippen LogP contribution in [0.3, 0.4) is 0 Å². The van der Waals surface area contributed by atoms with Crippen LogP contribution in [-0.2, 0) is 11.2 Å². The number of rotatable bonds is 5. The fourth-order valence-electron chi connectivity index (χ4n) is 3.20. The lowest BCUT2D eigenvalue weighted by Gasteiger charge is -2.38. The Morgan fingerprint density at radius 1 is 1.25 bits per heavy atom. The Kier molecular flexibility index (Phi) is 4.85. The van der Waals surface area contributed by atoms with Gasteiger partial charge in [-0.15, -0.1) is 0 Å². The summed E-state index contributed by atoms with van der Waals surface area (Å²) in [6, 6.07) is 8.70. The lowest BCUT2D eigenvalue weighted by molar-refractivity contribution is -0.117. The highest BCUT2D eigenvalue weighted by molar-refractivity contribution is 5.62. The molecule has 1 aliphatic carbocycles. The predicted molar refractivity (Wildman–Crippen MR) is 85.2 cm³/mol. The lowest BCUT2D eigenvalue weighted by atomic mass is 9.71. The summed E-state index contributed by atoms with van der Waals surface area (Å²) < 4.78 is 0. The molecule has 0 spiro atoms. The third kappa shape index (κ3) is 3.41. The first-order valence-corrected chi connectivity index (χ1v) is 7.85. The van der Waals surface area contributed by atoms with Crippen LogP contribution in [0, 0.1) is 11.3 Å². The number of carbonyl (C=O) groups is 1. The zero-order chi connectivity index (χ0) is 14.6. The van der Waals surface area contributed by atoms with Crippen LogP contribution in [-0.4, -0.2) is 19.9 Å². The minimum atomic E-state index is -0.134. The molecule has 0 radical (unpaired) electrons. The SMILES string of the molecule is CCc1ccc(N(C)CC2(C=O)CCC(C)CC2)cc1. The maximum absolute atomic E-state index is 11.6. The average Bonchev–Trinajstić information content (AvgIpc) is 2.50. The van der Waals surface area contributed by atoms with E-state index in [-0.39, 0.29) is 5.41 Å². The molecule has 0 aromatic heterocycles. The van der Waals surface area contributed by atoms with Gasteiger partial charge in [-0.1, -0.05) is 26.0 Å². The number of benzene rings is 1. The molecule has 1 aromatic rings. The van der Waals surface area contributed by atoms with Crippen LogP contribution in [0.15, 0.2) is 24.3 Å². The van der Waals surface area contributed by atoms with Gasteiger partial charge in [0.2, 0.25) is 0 Å². The van der Waals surface area contributed by atoms with Crippen molar-refractivity contribution in [3.8, 4) is 0 Å². The van der Waals surface area contributed by atoms with E-state index in [0.29, 0.717) is 0 Å². The molecule has 110 valence electrons. The van der Waals surface area contributed by atoms with Crippen molar-refractivity contribution in [2.75, 3.05) is 18.5 Å². The van der Waals surface area contributed by atoms with E-state index in [2.05, 4.69) is 50.1 Å². The molecular weight excluding hydrogens is 246 g/mol. The Balaban J connectivity index is 2.04. The van der Waals surface area contributed by atoms with Gasteiger partial charge in [0, 0.05) is 24.7 Å². The van der Waals surface area contributed by atoms with Crippen molar-refractivity contribution < 1.29 is 4.79 Å². The van der Waals surface area contributed by atoms with Crippen molar-refractivity contribution in [1.82, 2.24) is 0 Å². The lowest BCUT2D eigenvalue weighted by Crippen LogP contribution is -2.39. The van der Waals surface area contributed by atoms with Gasteiger partial charge in [0.05, 0.1) is 0 Å². The minimum absolute atomic E-state index is 0.134. The summed E-state index contributed by atoms with van der Waals surface area (Å²) in [6.45, 7) is 5.31. The second kappa shape index (κ2) is 6.43. The Labute approximate surface area is 123 Å². The maximum Gasteiger partial charge on any atom is 0.127 e. The van der Waals surface area contributed by atoms with Crippen molar-refractivity contribution in [2.24, 2.45) is 11.3 Å². The van der Waals surface area contributed by atoms with Gasteiger partial charge in [-0.2, -0.15) is 0 Å². The average molecular weight is 273 g/mol. The number of hydrogen-bond donors (Lipinski definition) is 0. The van der Waals surface area contributed by atoms with Gasteiger partial charge in [-0.3, -0.25) is 0 Å². The Bertz CT molecular complexity index is 429. The summed E-state index contributed by atoms with van der Waals surface area (Å²) in [7, 11) is 2.10. The zero-order valence-electron chi connectivity index (χ0n) is 13.1. The van der Waals surface area contributed by atoms with E-state index >= 15 is 0 Å². The molecule has 0 aliphatic heterocycles. The molecular formula is C18H27NO. The molecule has 20 heavy (non-hydrogen) atoms. The van der Waals surface area contributed by atoms with Crippen LogP contribution in [0.1, 0.15) is 45.1 Å². The number of aryl methyl sites for hydroxylation is 1. The normalized spacial score (nSPS) is 26.2. The van der Waals surface area contributed by atoms with E-state index < -0.39 is 0 Å². The van der Waals surface area contributed by atoms with Crippen LogP contribution < -0.4 is 4.90 Å². The molecule has 0 unspecified atom stereocenters. The standard InChI is InChI=1S/C18H27NO/c1-4-16-5-7-17(8-6-16)19(3)13-18(14-20)11-9-15(2)10-12-18/h5-8,14-15H,4,9-13H2,1-3H3. The van der Waals surface area contributed by atoms with Crippen LogP contribution >= 0.6 is 0 Å². The van der Waals surface area contributed by atoms with E-state index in [1.165, 1.54) is 30.4 Å². The maximum atomic E-state index is 11.6. The Hall–Kier alpha value is -1.31. The molecule has 0 bridgehead atoms. The molecule has 0 atom stereocenters. The highest BCUT2D eigenvalue weighted by atomic mass is 16.1. The quantitative estimate of drug-likeness (QED) is 0.753.